The normalized spacial score (nSPS) is 11.8. The number of likely N-dealkylation sites (N-methyl/N-ethyl adjacent to an activating group) is 1. The Bertz CT molecular complexity index is 603. The van der Waals surface area contributed by atoms with E-state index >= 15 is 0 Å². The zero-order chi connectivity index (χ0) is 14.8. The molecule has 5 nitrogen and oxygen atoms in total. The molecule has 0 fully saturated rings. The van der Waals surface area contributed by atoms with Gasteiger partial charge in [0.25, 0.3) is 0 Å². The van der Waals surface area contributed by atoms with Gasteiger partial charge in [0.1, 0.15) is 5.65 Å². The van der Waals surface area contributed by atoms with Crippen LogP contribution in [0.15, 0.2) is 24.5 Å². The number of hydrogen-bond acceptors (Lipinski definition) is 3. The Morgan fingerprint density at radius 2 is 2.25 bits per heavy atom. The summed E-state index contributed by atoms with van der Waals surface area (Å²) in [4.78, 5) is 21.4. The largest absolute Gasteiger partial charge is 0.346 e. The Labute approximate surface area is 119 Å². The van der Waals surface area contributed by atoms with Crippen LogP contribution < -0.4 is 5.73 Å². The monoisotopic (exact) mass is 274 g/mol. The minimum atomic E-state index is -0.0633. The molecular weight excluding hydrogens is 252 g/mol. The highest BCUT2D eigenvalue weighted by Gasteiger charge is 2.21. The SMILES string of the molecule is CN(CC(C)(C)CN)C(=O)Cc1c[nH]c2ncccc12. The molecule has 0 atom stereocenters. The van der Waals surface area contributed by atoms with E-state index in [4.69, 9.17) is 5.73 Å². The van der Waals surface area contributed by atoms with Crippen molar-refractivity contribution in [1.29, 1.82) is 0 Å². The zero-order valence-corrected chi connectivity index (χ0v) is 12.3. The van der Waals surface area contributed by atoms with Gasteiger partial charge in [0.05, 0.1) is 6.42 Å². The first-order valence-electron chi connectivity index (χ1n) is 6.78. The molecule has 20 heavy (non-hydrogen) atoms. The molecule has 2 rings (SSSR count). The molecule has 0 spiro atoms. The number of carbonyl (C=O) groups is 1. The van der Waals surface area contributed by atoms with Crippen LogP contribution in [-0.2, 0) is 11.2 Å². The number of amides is 1. The number of nitrogens with one attached hydrogen (secondary N) is 1. The molecule has 0 saturated heterocycles. The third-order valence-electron chi connectivity index (χ3n) is 3.52. The average Bonchev–Trinajstić information content (AvgIpc) is 2.82. The van der Waals surface area contributed by atoms with Crippen molar-refractivity contribution in [2.45, 2.75) is 20.3 Å². The van der Waals surface area contributed by atoms with Crippen molar-refractivity contribution in [2.24, 2.45) is 11.1 Å². The average molecular weight is 274 g/mol. The van der Waals surface area contributed by atoms with Gasteiger partial charge in [0, 0.05) is 31.4 Å². The van der Waals surface area contributed by atoms with Crippen LogP contribution in [0.3, 0.4) is 0 Å². The molecule has 0 radical (unpaired) electrons. The number of fused-ring (bicyclic) bond motifs is 1. The maximum atomic E-state index is 12.3. The van der Waals surface area contributed by atoms with E-state index in [0.29, 0.717) is 19.5 Å². The van der Waals surface area contributed by atoms with Crippen LogP contribution in [-0.4, -0.2) is 40.9 Å². The van der Waals surface area contributed by atoms with Crippen LogP contribution in [0, 0.1) is 5.41 Å². The highest BCUT2D eigenvalue weighted by atomic mass is 16.2. The van der Waals surface area contributed by atoms with Gasteiger partial charge in [-0.1, -0.05) is 13.8 Å². The number of H-pyrrole nitrogens is 1. The lowest BCUT2D eigenvalue weighted by atomic mass is 9.93. The summed E-state index contributed by atoms with van der Waals surface area (Å²) in [5.74, 6) is 0.0938. The molecule has 0 saturated carbocycles. The number of aromatic amines is 1. The Kier molecular flexibility index (Phi) is 4.09. The van der Waals surface area contributed by atoms with E-state index < -0.39 is 0 Å². The number of aromatic nitrogens is 2. The Hall–Kier alpha value is -1.88. The summed E-state index contributed by atoms with van der Waals surface area (Å²) >= 11 is 0. The molecule has 5 heteroatoms. The number of rotatable bonds is 5. The molecule has 108 valence electrons. The van der Waals surface area contributed by atoms with Crippen molar-refractivity contribution < 1.29 is 4.79 Å². The predicted octanol–water partition coefficient (Wildman–Crippen LogP) is 1.55. The molecule has 3 N–H and O–H groups in total. The van der Waals surface area contributed by atoms with Crippen molar-refractivity contribution in [3.8, 4) is 0 Å². The van der Waals surface area contributed by atoms with Gasteiger partial charge in [-0.15, -0.1) is 0 Å². The Balaban J connectivity index is 2.08. The van der Waals surface area contributed by atoms with Gasteiger partial charge in [0.2, 0.25) is 5.91 Å². The lowest BCUT2D eigenvalue weighted by Gasteiger charge is -2.29. The number of nitrogens with two attached hydrogens (primary N) is 1. The number of carbonyl (C=O) groups excluding carboxylic acids is 1. The van der Waals surface area contributed by atoms with Gasteiger partial charge >= 0.3 is 0 Å². The van der Waals surface area contributed by atoms with E-state index in [1.807, 2.05) is 25.4 Å². The van der Waals surface area contributed by atoms with Crippen LogP contribution in [0.5, 0.6) is 0 Å². The fraction of sp³-hybridized carbons (Fsp3) is 0.467. The molecule has 0 aromatic carbocycles. The lowest BCUT2D eigenvalue weighted by molar-refractivity contribution is -0.130. The van der Waals surface area contributed by atoms with Crippen LogP contribution in [0.4, 0.5) is 0 Å². The van der Waals surface area contributed by atoms with Crippen LogP contribution in [0.25, 0.3) is 11.0 Å². The van der Waals surface area contributed by atoms with Crippen LogP contribution in [0.1, 0.15) is 19.4 Å². The molecule has 0 aliphatic carbocycles. The van der Waals surface area contributed by atoms with Crippen molar-refractivity contribution in [3.63, 3.8) is 0 Å². The minimum Gasteiger partial charge on any atom is -0.346 e. The predicted molar refractivity (Wildman–Crippen MR) is 80.3 cm³/mol. The lowest BCUT2D eigenvalue weighted by Crippen LogP contribution is -2.40. The summed E-state index contributed by atoms with van der Waals surface area (Å²) in [5, 5.41) is 1.01. The van der Waals surface area contributed by atoms with Crippen molar-refractivity contribution in [3.05, 3.63) is 30.1 Å². The number of hydrogen-bond donors (Lipinski definition) is 2. The second-order valence-electron chi connectivity index (χ2n) is 6.01. The standard InChI is InChI=1S/C15H22N4O/c1-15(2,9-16)10-19(3)13(20)7-11-8-18-14-12(11)5-4-6-17-14/h4-6,8H,7,9-10,16H2,1-3H3,(H,17,18). The summed E-state index contributed by atoms with van der Waals surface area (Å²) in [5.41, 5.74) is 7.45. The smallest absolute Gasteiger partial charge is 0.226 e. The Morgan fingerprint density at radius 1 is 1.50 bits per heavy atom. The third kappa shape index (κ3) is 3.17. The zero-order valence-electron chi connectivity index (χ0n) is 12.3. The molecule has 1 amide bonds. The fourth-order valence-electron chi connectivity index (χ4n) is 2.25. The van der Waals surface area contributed by atoms with Crippen molar-refractivity contribution in [2.75, 3.05) is 20.1 Å². The van der Waals surface area contributed by atoms with E-state index in [9.17, 15) is 4.79 Å². The van der Waals surface area contributed by atoms with Crippen molar-refractivity contribution in [1.82, 2.24) is 14.9 Å². The maximum absolute atomic E-state index is 12.3. The maximum Gasteiger partial charge on any atom is 0.226 e. The first kappa shape index (κ1) is 14.5. The molecule has 0 aliphatic heterocycles. The molecular formula is C15H22N4O. The summed E-state index contributed by atoms with van der Waals surface area (Å²) < 4.78 is 0. The second kappa shape index (κ2) is 5.63. The van der Waals surface area contributed by atoms with Gasteiger partial charge in [-0.25, -0.2) is 4.98 Å². The van der Waals surface area contributed by atoms with Crippen LogP contribution in [0.2, 0.25) is 0 Å². The topological polar surface area (TPSA) is 75.0 Å². The van der Waals surface area contributed by atoms with Crippen molar-refractivity contribution >= 4 is 16.9 Å². The summed E-state index contributed by atoms with van der Waals surface area (Å²) in [7, 11) is 1.83. The fourth-order valence-corrected chi connectivity index (χ4v) is 2.25. The van der Waals surface area contributed by atoms with E-state index in [2.05, 4.69) is 23.8 Å². The molecule has 0 unspecified atom stereocenters. The van der Waals surface area contributed by atoms with Gasteiger partial charge in [-0.05, 0) is 29.7 Å². The van der Waals surface area contributed by atoms with Crippen LogP contribution >= 0.6 is 0 Å². The van der Waals surface area contributed by atoms with Gasteiger partial charge in [-0.3, -0.25) is 4.79 Å². The molecule has 0 bridgehead atoms. The van der Waals surface area contributed by atoms with Gasteiger partial charge in [0.15, 0.2) is 0 Å². The first-order chi connectivity index (χ1) is 9.43. The highest BCUT2D eigenvalue weighted by molar-refractivity contribution is 5.87. The first-order valence-corrected chi connectivity index (χ1v) is 6.78. The molecule has 0 aliphatic rings. The summed E-state index contributed by atoms with van der Waals surface area (Å²) in [6, 6.07) is 3.86. The van der Waals surface area contributed by atoms with E-state index in [0.717, 1.165) is 16.6 Å². The summed E-state index contributed by atoms with van der Waals surface area (Å²) in [6.07, 6.45) is 3.97. The second-order valence-corrected chi connectivity index (χ2v) is 6.01. The molecule has 2 aromatic rings. The number of pyridine rings is 1. The quantitative estimate of drug-likeness (QED) is 0.868. The van der Waals surface area contributed by atoms with E-state index in [-0.39, 0.29) is 11.3 Å². The Morgan fingerprint density at radius 3 is 2.95 bits per heavy atom. The minimum absolute atomic E-state index is 0.0633. The summed E-state index contributed by atoms with van der Waals surface area (Å²) in [6.45, 7) is 5.34. The third-order valence-corrected chi connectivity index (χ3v) is 3.52. The van der Waals surface area contributed by atoms with E-state index in [1.54, 1.807) is 11.1 Å². The van der Waals surface area contributed by atoms with E-state index in [1.165, 1.54) is 0 Å². The highest BCUT2D eigenvalue weighted by Crippen LogP contribution is 2.18. The molecule has 2 aromatic heterocycles. The van der Waals surface area contributed by atoms with Gasteiger partial charge in [-0.2, -0.15) is 0 Å². The van der Waals surface area contributed by atoms with Gasteiger partial charge < -0.3 is 15.6 Å². The number of nitrogens with zero attached hydrogens (tertiary/aromatic N) is 2. The molecule has 2 heterocycles.